The minimum Gasteiger partial charge on any atom is -0.394 e. The van der Waals surface area contributed by atoms with E-state index in [2.05, 4.69) is 0 Å². The summed E-state index contributed by atoms with van der Waals surface area (Å²) in [6.07, 6.45) is -0.228. The zero-order valence-electron chi connectivity index (χ0n) is 6.25. The van der Waals surface area contributed by atoms with E-state index in [1.165, 1.54) is 0 Å². The Morgan fingerprint density at radius 1 is 1.60 bits per heavy atom. The molecule has 0 radical (unpaired) electrons. The molecule has 0 saturated heterocycles. The number of hydrogen-bond donors (Lipinski definition) is 2. The summed E-state index contributed by atoms with van der Waals surface area (Å²) >= 11 is 0. The summed E-state index contributed by atoms with van der Waals surface area (Å²) in [6.45, 7) is 1.33. The van der Waals surface area contributed by atoms with E-state index in [0.29, 0.717) is 19.8 Å². The maximum atomic E-state index is 8.64. The second-order valence-electron chi connectivity index (χ2n) is 1.92. The third-order valence-electron chi connectivity index (χ3n) is 1.03. The first-order valence-electron chi connectivity index (χ1n) is 3.26. The molecule has 0 aliphatic carbocycles. The van der Waals surface area contributed by atoms with Crippen LogP contribution in [-0.4, -0.2) is 44.7 Å². The van der Waals surface area contributed by atoms with E-state index in [0.717, 1.165) is 0 Å². The van der Waals surface area contributed by atoms with Gasteiger partial charge >= 0.3 is 0 Å². The molecule has 3 N–H and O–H groups in total. The summed E-state index contributed by atoms with van der Waals surface area (Å²) in [5.74, 6) is 0. The van der Waals surface area contributed by atoms with E-state index in [1.54, 1.807) is 7.11 Å². The summed E-state index contributed by atoms with van der Waals surface area (Å²) in [5.41, 5.74) is 5.18. The maximum absolute atomic E-state index is 8.64. The molecule has 0 aliphatic rings. The predicted octanol–water partition coefficient (Wildman–Crippen LogP) is -1.03. The summed E-state index contributed by atoms with van der Waals surface area (Å²) in [6, 6.07) is 0. The number of aliphatic hydroxyl groups is 1. The molecule has 0 fully saturated rings. The van der Waals surface area contributed by atoms with Crippen molar-refractivity contribution in [2.45, 2.75) is 6.10 Å². The highest BCUT2D eigenvalue weighted by Gasteiger charge is 2.04. The molecule has 1 atom stereocenters. The Balaban J connectivity index is 3.21. The minimum atomic E-state index is -0.228. The zero-order chi connectivity index (χ0) is 7.82. The monoisotopic (exact) mass is 149 g/mol. The van der Waals surface area contributed by atoms with Gasteiger partial charge in [0.25, 0.3) is 0 Å². The van der Waals surface area contributed by atoms with Crippen LogP contribution in [0.4, 0.5) is 0 Å². The Morgan fingerprint density at radius 2 is 2.30 bits per heavy atom. The molecule has 0 spiro atoms. The van der Waals surface area contributed by atoms with Crippen LogP contribution in [0.2, 0.25) is 0 Å². The minimum absolute atomic E-state index is 0.0200. The van der Waals surface area contributed by atoms with E-state index in [4.69, 9.17) is 20.3 Å². The smallest absolute Gasteiger partial charge is 0.104 e. The number of aliphatic hydroxyl groups excluding tert-OH is 1. The number of hydrogen-bond acceptors (Lipinski definition) is 4. The van der Waals surface area contributed by atoms with Crippen molar-refractivity contribution in [2.24, 2.45) is 5.73 Å². The van der Waals surface area contributed by atoms with Crippen molar-refractivity contribution in [3.8, 4) is 0 Å². The molecular formula is C6H15NO3. The normalized spacial score (nSPS) is 13.5. The quantitative estimate of drug-likeness (QED) is 0.507. The number of nitrogens with two attached hydrogens (primary N) is 1. The molecule has 0 aromatic rings. The van der Waals surface area contributed by atoms with Gasteiger partial charge in [0.05, 0.1) is 19.8 Å². The van der Waals surface area contributed by atoms with Gasteiger partial charge < -0.3 is 20.3 Å². The lowest BCUT2D eigenvalue weighted by Crippen LogP contribution is -2.26. The van der Waals surface area contributed by atoms with Crippen LogP contribution in [-0.2, 0) is 9.47 Å². The zero-order valence-corrected chi connectivity index (χ0v) is 6.25. The van der Waals surface area contributed by atoms with Crippen LogP contribution >= 0.6 is 0 Å². The second kappa shape index (κ2) is 6.95. The number of ether oxygens (including phenoxy) is 2. The van der Waals surface area contributed by atoms with Crippen molar-refractivity contribution in [3.63, 3.8) is 0 Å². The van der Waals surface area contributed by atoms with Crippen LogP contribution in [0, 0.1) is 0 Å². The summed E-state index contributed by atoms with van der Waals surface area (Å²) in [5, 5.41) is 8.64. The van der Waals surface area contributed by atoms with Crippen LogP contribution in [0.1, 0.15) is 0 Å². The topological polar surface area (TPSA) is 64.7 Å². The van der Waals surface area contributed by atoms with E-state index >= 15 is 0 Å². The molecule has 0 saturated carbocycles. The lowest BCUT2D eigenvalue weighted by molar-refractivity contribution is -0.0279. The van der Waals surface area contributed by atoms with Crippen LogP contribution in [0.3, 0.4) is 0 Å². The van der Waals surface area contributed by atoms with Crippen molar-refractivity contribution >= 4 is 0 Å². The van der Waals surface area contributed by atoms with Crippen molar-refractivity contribution in [2.75, 3.05) is 33.5 Å². The molecule has 0 aliphatic heterocycles. The Morgan fingerprint density at radius 3 is 2.70 bits per heavy atom. The Labute approximate surface area is 60.9 Å². The molecule has 0 aromatic carbocycles. The van der Waals surface area contributed by atoms with Gasteiger partial charge in [-0.3, -0.25) is 0 Å². The van der Waals surface area contributed by atoms with Crippen LogP contribution < -0.4 is 5.73 Å². The molecule has 0 bridgehead atoms. The third kappa shape index (κ3) is 4.69. The molecular weight excluding hydrogens is 134 g/mol. The summed E-state index contributed by atoms with van der Waals surface area (Å²) < 4.78 is 9.85. The van der Waals surface area contributed by atoms with Crippen molar-refractivity contribution in [3.05, 3.63) is 0 Å². The predicted molar refractivity (Wildman–Crippen MR) is 37.8 cm³/mol. The standard InChI is InChI=1S/C6H15NO3/c1-9-5-6(4-8)10-3-2-7/h6,8H,2-5,7H2,1H3. The van der Waals surface area contributed by atoms with Gasteiger partial charge in [0, 0.05) is 13.7 Å². The van der Waals surface area contributed by atoms with Gasteiger partial charge in [-0.25, -0.2) is 0 Å². The van der Waals surface area contributed by atoms with Gasteiger partial charge in [-0.1, -0.05) is 0 Å². The van der Waals surface area contributed by atoms with E-state index in [1.807, 2.05) is 0 Å². The van der Waals surface area contributed by atoms with Crippen molar-refractivity contribution in [1.29, 1.82) is 0 Å². The fraction of sp³-hybridized carbons (Fsp3) is 1.00. The number of methoxy groups -OCH3 is 1. The van der Waals surface area contributed by atoms with E-state index < -0.39 is 0 Å². The number of rotatable bonds is 6. The third-order valence-corrected chi connectivity index (χ3v) is 1.03. The van der Waals surface area contributed by atoms with E-state index in [9.17, 15) is 0 Å². The molecule has 4 heteroatoms. The highest BCUT2D eigenvalue weighted by atomic mass is 16.5. The average molecular weight is 149 g/mol. The van der Waals surface area contributed by atoms with E-state index in [-0.39, 0.29) is 12.7 Å². The molecule has 4 nitrogen and oxygen atoms in total. The van der Waals surface area contributed by atoms with Gasteiger partial charge in [0.15, 0.2) is 0 Å². The van der Waals surface area contributed by atoms with Gasteiger partial charge in [0.1, 0.15) is 6.10 Å². The second-order valence-corrected chi connectivity index (χ2v) is 1.92. The van der Waals surface area contributed by atoms with Crippen molar-refractivity contribution in [1.82, 2.24) is 0 Å². The highest BCUT2D eigenvalue weighted by Crippen LogP contribution is 1.89. The molecule has 0 amide bonds. The Kier molecular flexibility index (Phi) is 6.84. The molecule has 0 rings (SSSR count). The SMILES string of the molecule is COCC(CO)OCCN. The first-order valence-corrected chi connectivity index (χ1v) is 3.26. The van der Waals surface area contributed by atoms with Gasteiger partial charge in [-0.2, -0.15) is 0 Å². The first kappa shape index (κ1) is 9.84. The molecule has 0 heterocycles. The van der Waals surface area contributed by atoms with Crippen LogP contribution in [0.25, 0.3) is 0 Å². The Bertz CT molecular complexity index is 70.0. The lowest BCUT2D eigenvalue weighted by atomic mass is 10.4. The summed E-state index contributed by atoms with van der Waals surface area (Å²) in [7, 11) is 1.56. The largest absolute Gasteiger partial charge is 0.394 e. The van der Waals surface area contributed by atoms with Gasteiger partial charge in [-0.05, 0) is 0 Å². The van der Waals surface area contributed by atoms with Crippen LogP contribution in [0.5, 0.6) is 0 Å². The molecule has 10 heavy (non-hydrogen) atoms. The van der Waals surface area contributed by atoms with Gasteiger partial charge in [0.2, 0.25) is 0 Å². The highest BCUT2D eigenvalue weighted by molar-refractivity contribution is 4.52. The van der Waals surface area contributed by atoms with Gasteiger partial charge in [-0.15, -0.1) is 0 Å². The first-order chi connectivity index (χ1) is 4.85. The molecule has 0 aromatic heterocycles. The maximum Gasteiger partial charge on any atom is 0.104 e. The molecule has 1 unspecified atom stereocenters. The fourth-order valence-electron chi connectivity index (χ4n) is 0.574. The average Bonchev–Trinajstić information content (AvgIpc) is 1.98. The Hall–Kier alpha value is -0.160. The van der Waals surface area contributed by atoms with Crippen molar-refractivity contribution < 1.29 is 14.6 Å². The summed E-state index contributed by atoms with van der Waals surface area (Å²) in [4.78, 5) is 0. The van der Waals surface area contributed by atoms with Crippen LogP contribution in [0.15, 0.2) is 0 Å². The lowest BCUT2D eigenvalue weighted by Gasteiger charge is -2.12. The molecule has 62 valence electrons. The fourth-order valence-corrected chi connectivity index (χ4v) is 0.574.